The summed E-state index contributed by atoms with van der Waals surface area (Å²) in [5, 5.41) is 3.08. The van der Waals surface area contributed by atoms with E-state index >= 15 is 0 Å². The second kappa shape index (κ2) is 12.1. The molecule has 4 rings (SSSR count). The molecular weight excluding hydrogens is 582 g/mol. The number of nitrogens with one attached hydrogen (secondary N) is 1. The minimum atomic E-state index is -0.933. The largest absolute Gasteiger partial charge is 0.347 e. The summed E-state index contributed by atoms with van der Waals surface area (Å²) in [4.78, 5) is 33.0. The summed E-state index contributed by atoms with van der Waals surface area (Å²) >= 11 is 6.69. The third-order valence-electron chi connectivity index (χ3n) is 5.84. The van der Waals surface area contributed by atoms with E-state index in [1.165, 1.54) is 4.90 Å². The fourth-order valence-corrected chi connectivity index (χ4v) is 4.47. The van der Waals surface area contributed by atoms with Crippen LogP contribution in [-0.4, -0.2) is 20.5 Å². The first kappa shape index (κ1) is 25.8. The molecule has 7 heteroatoms. The molecule has 2 atom stereocenters. The maximum atomic E-state index is 13.8. The smallest absolute Gasteiger partial charge is 0.252 e. The summed E-state index contributed by atoms with van der Waals surface area (Å²) in [6.45, 7) is 1.92. The first-order valence-corrected chi connectivity index (χ1v) is 13.3. The Bertz CT molecular complexity index is 1280. The van der Waals surface area contributed by atoms with Crippen molar-refractivity contribution in [1.29, 1.82) is 0 Å². The minimum absolute atomic E-state index is 0.251. The average Bonchev–Trinajstić information content (AvgIpc) is 2.92. The van der Waals surface area contributed by atoms with Gasteiger partial charge in [0.25, 0.3) is 5.91 Å². The van der Waals surface area contributed by atoms with Gasteiger partial charge in [-0.2, -0.15) is 0 Å². The van der Waals surface area contributed by atoms with Crippen molar-refractivity contribution in [2.75, 3.05) is 4.90 Å². The Morgan fingerprint density at radius 3 is 1.94 bits per heavy atom. The molecule has 0 saturated carbocycles. The molecule has 0 fully saturated rings. The molecule has 0 unspecified atom stereocenters. The van der Waals surface area contributed by atoms with E-state index in [1.54, 1.807) is 24.5 Å². The highest BCUT2D eigenvalue weighted by atomic mass is 79.9. The molecule has 1 N–H and O–H groups in total. The van der Waals surface area contributed by atoms with Crippen molar-refractivity contribution in [3.05, 3.63) is 121 Å². The number of halogens is 2. The van der Waals surface area contributed by atoms with E-state index in [-0.39, 0.29) is 17.9 Å². The topological polar surface area (TPSA) is 62.3 Å². The van der Waals surface area contributed by atoms with Crippen LogP contribution in [0.5, 0.6) is 0 Å². The Kier molecular flexibility index (Phi) is 8.67. The number of amides is 2. The molecule has 4 aromatic rings. The van der Waals surface area contributed by atoms with E-state index in [2.05, 4.69) is 42.2 Å². The van der Waals surface area contributed by atoms with Crippen molar-refractivity contribution < 1.29 is 9.59 Å². The molecule has 0 aliphatic rings. The highest BCUT2D eigenvalue weighted by molar-refractivity contribution is 9.25. The third-order valence-corrected chi connectivity index (χ3v) is 6.63. The van der Waals surface area contributed by atoms with Gasteiger partial charge in [-0.15, -0.1) is 0 Å². The summed E-state index contributed by atoms with van der Waals surface area (Å²) in [5.74, 6) is -0.612. The lowest BCUT2D eigenvalue weighted by molar-refractivity contribution is -0.126. The van der Waals surface area contributed by atoms with Crippen molar-refractivity contribution in [2.24, 2.45) is 0 Å². The second-order valence-corrected chi connectivity index (χ2v) is 11.3. The molecule has 0 spiro atoms. The van der Waals surface area contributed by atoms with Gasteiger partial charge in [0.05, 0.1) is 6.04 Å². The van der Waals surface area contributed by atoms with Crippen LogP contribution in [0.15, 0.2) is 109 Å². The minimum Gasteiger partial charge on any atom is -0.347 e. The summed E-state index contributed by atoms with van der Waals surface area (Å²) in [6, 6.07) is 29.7. The van der Waals surface area contributed by atoms with Gasteiger partial charge in [-0.25, -0.2) is 0 Å². The Morgan fingerprint density at radius 1 is 0.778 bits per heavy atom. The lowest BCUT2D eigenvalue weighted by Crippen LogP contribution is -2.46. The van der Waals surface area contributed by atoms with Crippen molar-refractivity contribution in [3.63, 3.8) is 0 Å². The van der Waals surface area contributed by atoms with E-state index in [0.29, 0.717) is 11.3 Å². The van der Waals surface area contributed by atoms with Crippen LogP contribution in [0.25, 0.3) is 11.1 Å². The number of alkyl halides is 2. The number of anilines is 1. The van der Waals surface area contributed by atoms with E-state index < -0.39 is 9.78 Å². The molecule has 36 heavy (non-hydrogen) atoms. The van der Waals surface area contributed by atoms with Gasteiger partial charge >= 0.3 is 0 Å². The molecule has 0 saturated heterocycles. The van der Waals surface area contributed by atoms with Gasteiger partial charge in [0.1, 0.15) is 9.78 Å². The van der Waals surface area contributed by atoms with Crippen LogP contribution in [0.3, 0.4) is 0 Å². The normalized spacial score (nSPS) is 12.6. The van der Waals surface area contributed by atoms with Gasteiger partial charge < -0.3 is 5.32 Å². The maximum absolute atomic E-state index is 13.8. The summed E-state index contributed by atoms with van der Waals surface area (Å²) < 4.78 is -0.683. The molecule has 1 aromatic heterocycles. The van der Waals surface area contributed by atoms with Crippen LogP contribution < -0.4 is 10.2 Å². The first-order chi connectivity index (χ1) is 17.5. The molecule has 3 aromatic carbocycles. The van der Waals surface area contributed by atoms with Crippen molar-refractivity contribution in [2.45, 2.75) is 22.7 Å². The van der Waals surface area contributed by atoms with Crippen LogP contribution >= 0.6 is 31.9 Å². The number of benzene rings is 3. The standard InChI is InChI=1S/C29H25Br2N3O2/c1-20(21-9-4-2-5-10-21)33-28(35)26(24-13-8-18-32-19-24)34(29(36)27(30)31)25-16-14-23(15-17-25)22-11-6-3-7-12-22/h2-20,26-27H,1H3,(H,33,35)/t20-,26-/m0/s1. The monoisotopic (exact) mass is 605 g/mol. The van der Waals surface area contributed by atoms with Gasteiger partial charge in [-0.3, -0.25) is 19.5 Å². The molecule has 5 nitrogen and oxygen atoms in total. The summed E-state index contributed by atoms with van der Waals surface area (Å²) in [5.41, 5.74) is 4.26. The number of nitrogens with zero attached hydrogens (tertiary/aromatic N) is 2. The number of aromatic nitrogens is 1. The predicted molar refractivity (Wildman–Crippen MR) is 151 cm³/mol. The van der Waals surface area contributed by atoms with E-state index in [1.807, 2.05) is 91.9 Å². The summed E-state index contributed by atoms with van der Waals surface area (Å²) in [6.07, 6.45) is 3.26. The number of rotatable bonds is 8. The third kappa shape index (κ3) is 6.09. The zero-order valence-corrected chi connectivity index (χ0v) is 22.8. The molecule has 0 aliphatic carbocycles. The van der Waals surface area contributed by atoms with Crippen LogP contribution in [0.4, 0.5) is 5.69 Å². The lowest BCUT2D eigenvalue weighted by Gasteiger charge is -2.33. The highest BCUT2D eigenvalue weighted by Crippen LogP contribution is 2.33. The molecule has 0 radical (unpaired) electrons. The Labute approximate surface area is 227 Å². The summed E-state index contributed by atoms with van der Waals surface area (Å²) in [7, 11) is 0. The number of carbonyl (C=O) groups is 2. The Hall–Kier alpha value is -3.29. The number of hydrogen-bond acceptors (Lipinski definition) is 3. The predicted octanol–water partition coefficient (Wildman–Crippen LogP) is 6.82. The molecular formula is C29H25Br2N3O2. The fraction of sp³-hybridized carbons (Fsp3) is 0.138. The fourth-order valence-electron chi connectivity index (χ4n) is 4.03. The number of hydrogen-bond donors (Lipinski definition) is 1. The molecule has 182 valence electrons. The van der Waals surface area contributed by atoms with Crippen LogP contribution in [0.1, 0.15) is 30.1 Å². The van der Waals surface area contributed by atoms with Gasteiger partial charge in [0.15, 0.2) is 0 Å². The SMILES string of the molecule is C[C@H](NC(=O)[C@H](c1cccnc1)N(C(=O)C(Br)Br)c1ccc(-c2ccccc2)cc1)c1ccccc1. The molecule has 1 heterocycles. The lowest BCUT2D eigenvalue weighted by atomic mass is 10.0. The van der Waals surface area contributed by atoms with Gasteiger partial charge in [0.2, 0.25) is 5.91 Å². The van der Waals surface area contributed by atoms with E-state index in [0.717, 1.165) is 16.7 Å². The van der Waals surface area contributed by atoms with Crippen molar-refractivity contribution in [1.82, 2.24) is 10.3 Å². The highest BCUT2D eigenvalue weighted by Gasteiger charge is 2.35. The molecule has 0 bridgehead atoms. The zero-order valence-electron chi connectivity index (χ0n) is 19.6. The van der Waals surface area contributed by atoms with Gasteiger partial charge in [-0.1, -0.05) is 111 Å². The average molecular weight is 607 g/mol. The van der Waals surface area contributed by atoms with Crippen molar-refractivity contribution in [3.8, 4) is 11.1 Å². The van der Waals surface area contributed by atoms with E-state index in [9.17, 15) is 9.59 Å². The number of pyridine rings is 1. The van der Waals surface area contributed by atoms with Crippen LogP contribution in [-0.2, 0) is 9.59 Å². The van der Waals surface area contributed by atoms with E-state index in [4.69, 9.17) is 0 Å². The Balaban J connectivity index is 1.74. The quantitative estimate of drug-likeness (QED) is 0.224. The van der Waals surface area contributed by atoms with Crippen molar-refractivity contribution >= 4 is 49.4 Å². The second-order valence-electron chi connectivity index (χ2n) is 8.25. The zero-order chi connectivity index (χ0) is 25.5. The maximum Gasteiger partial charge on any atom is 0.252 e. The molecule has 2 amide bonds. The molecule has 0 aliphatic heterocycles. The van der Waals surface area contributed by atoms with Crippen LogP contribution in [0, 0.1) is 0 Å². The van der Waals surface area contributed by atoms with Gasteiger partial charge in [0, 0.05) is 23.6 Å². The van der Waals surface area contributed by atoms with Crippen LogP contribution in [0.2, 0.25) is 0 Å². The number of carbonyl (C=O) groups excluding carboxylic acids is 2. The Morgan fingerprint density at radius 2 is 1.36 bits per heavy atom. The first-order valence-electron chi connectivity index (χ1n) is 11.5. The van der Waals surface area contributed by atoms with Gasteiger partial charge in [-0.05, 0) is 41.8 Å².